The second-order valence-electron chi connectivity index (χ2n) is 3.42. The van der Waals surface area contributed by atoms with Gasteiger partial charge in [-0.1, -0.05) is 11.6 Å². The van der Waals surface area contributed by atoms with Gasteiger partial charge in [-0.2, -0.15) is 0 Å². The molecule has 0 fully saturated rings. The molecule has 1 rings (SSSR count). The van der Waals surface area contributed by atoms with Crippen LogP contribution in [-0.4, -0.2) is 24.1 Å². The van der Waals surface area contributed by atoms with E-state index in [-0.39, 0.29) is 0 Å². The molecule has 92 valence electrons. The quantitative estimate of drug-likeness (QED) is 0.810. The Morgan fingerprint density at radius 2 is 2.12 bits per heavy atom. The SMILES string of the molecule is COc1cc(C)c(Cl)cc1NC(=O)CC(=O)O. The van der Waals surface area contributed by atoms with Gasteiger partial charge in [0.05, 0.1) is 12.8 Å². The number of rotatable bonds is 4. The van der Waals surface area contributed by atoms with Gasteiger partial charge in [-0.3, -0.25) is 9.59 Å². The van der Waals surface area contributed by atoms with Gasteiger partial charge in [0.15, 0.2) is 0 Å². The van der Waals surface area contributed by atoms with Crippen molar-refractivity contribution in [3.8, 4) is 5.75 Å². The Morgan fingerprint density at radius 1 is 1.47 bits per heavy atom. The van der Waals surface area contributed by atoms with Crippen molar-refractivity contribution < 1.29 is 19.4 Å². The normalized spacial score (nSPS) is 9.82. The van der Waals surface area contributed by atoms with E-state index in [9.17, 15) is 9.59 Å². The number of carbonyl (C=O) groups excluding carboxylic acids is 1. The van der Waals surface area contributed by atoms with Crippen LogP contribution < -0.4 is 10.1 Å². The van der Waals surface area contributed by atoms with Crippen molar-refractivity contribution in [3.05, 3.63) is 22.7 Å². The van der Waals surface area contributed by atoms with Crippen molar-refractivity contribution in [2.45, 2.75) is 13.3 Å². The third kappa shape index (κ3) is 3.64. The molecule has 2 N–H and O–H groups in total. The monoisotopic (exact) mass is 257 g/mol. The highest BCUT2D eigenvalue weighted by atomic mass is 35.5. The third-order valence-corrected chi connectivity index (χ3v) is 2.47. The van der Waals surface area contributed by atoms with Crippen molar-refractivity contribution in [2.75, 3.05) is 12.4 Å². The molecule has 0 saturated heterocycles. The number of amides is 1. The van der Waals surface area contributed by atoms with E-state index in [4.69, 9.17) is 21.4 Å². The predicted molar refractivity (Wildman–Crippen MR) is 63.6 cm³/mol. The molecule has 0 atom stereocenters. The predicted octanol–water partition coefficient (Wildman–Crippen LogP) is 2.07. The first-order chi connectivity index (χ1) is 7.93. The molecule has 5 nitrogen and oxygen atoms in total. The Balaban J connectivity index is 2.93. The van der Waals surface area contributed by atoms with E-state index in [0.717, 1.165) is 5.56 Å². The minimum absolute atomic E-state index is 0.356. The number of aryl methyl sites for hydroxylation is 1. The summed E-state index contributed by atoms with van der Waals surface area (Å²) >= 11 is 5.91. The molecule has 1 amide bonds. The molecule has 1 aromatic carbocycles. The van der Waals surface area contributed by atoms with E-state index in [0.29, 0.717) is 16.5 Å². The van der Waals surface area contributed by atoms with E-state index >= 15 is 0 Å². The van der Waals surface area contributed by atoms with Crippen molar-refractivity contribution in [1.29, 1.82) is 0 Å². The maximum Gasteiger partial charge on any atom is 0.312 e. The number of halogens is 1. The fourth-order valence-electron chi connectivity index (χ4n) is 1.25. The zero-order valence-electron chi connectivity index (χ0n) is 9.41. The van der Waals surface area contributed by atoms with E-state index in [1.807, 2.05) is 0 Å². The Kier molecular flexibility index (Phi) is 4.34. The highest BCUT2D eigenvalue weighted by molar-refractivity contribution is 6.31. The first kappa shape index (κ1) is 13.3. The van der Waals surface area contributed by atoms with Gasteiger partial charge in [-0.05, 0) is 24.6 Å². The number of aliphatic carboxylic acids is 1. The molecule has 0 radical (unpaired) electrons. The lowest BCUT2D eigenvalue weighted by atomic mass is 10.2. The van der Waals surface area contributed by atoms with Crippen LogP contribution in [0.15, 0.2) is 12.1 Å². The smallest absolute Gasteiger partial charge is 0.312 e. The Labute approximate surface area is 103 Å². The largest absolute Gasteiger partial charge is 0.495 e. The second kappa shape index (κ2) is 5.54. The van der Waals surface area contributed by atoms with Crippen LogP contribution in [0.3, 0.4) is 0 Å². The van der Waals surface area contributed by atoms with Crippen LogP contribution >= 0.6 is 11.6 Å². The van der Waals surface area contributed by atoms with Crippen molar-refractivity contribution in [1.82, 2.24) is 0 Å². The van der Waals surface area contributed by atoms with Crippen LogP contribution in [0.4, 0.5) is 5.69 Å². The van der Waals surface area contributed by atoms with Gasteiger partial charge in [-0.15, -0.1) is 0 Å². The zero-order chi connectivity index (χ0) is 13.0. The molecule has 0 aliphatic heterocycles. The van der Waals surface area contributed by atoms with Crippen LogP contribution in [0.5, 0.6) is 5.75 Å². The van der Waals surface area contributed by atoms with Crippen molar-refractivity contribution in [2.24, 2.45) is 0 Å². The van der Waals surface area contributed by atoms with Crippen molar-refractivity contribution in [3.63, 3.8) is 0 Å². The summed E-state index contributed by atoms with van der Waals surface area (Å²) in [5, 5.41) is 11.4. The number of carboxylic acids is 1. The van der Waals surface area contributed by atoms with Crippen LogP contribution in [0, 0.1) is 6.92 Å². The molecule has 17 heavy (non-hydrogen) atoms. The van der Waals surface area contributed by atoms with Gasteiger partial charge >= 0.3 is 5.97 Å². The standard InChI is InChI=1S/C11H12ClNO4/c1-6-3-9(17-2)8(4-7(6)12)13-10(14)5-11(15)16/h3-4H,5H2,1-2H3,(H,13,14)(H,15,16). The summed E-state index contributed by atoms with van der Waals surface area (Å²) < 4.78 is 5.07. The van der Waals surface area contributed by atoms with Gasteiger partial charge in [0, 0.05) is 5.02 Å². The van der Waals surface area contributed by atoms with Gasteiger partial charge < -0.3 is 15.2 Å². The first-order valence-corrected chi connectivity index (χ1v) is 5.17. The van der Waals surface area contributed by atoms with Gasteiger partial charge in [0.2, 0.25) is 5.91 Å². The summed E-state index contributed by atoms with van der Waals surface area (Å²) in [6, 6.07) is 3.19. The lowest BCUT2D eigenvalue weighted by Crippen LogP contribution is -2.16. The molecular weight excluding hydrogens is 246 g/mol. The molecule has 6 heteroatoms. The molecule has 0 unspecified atom stereocenters. The van der Waals surface area contributed by atoms with Crippen LogP contribution in [0.2, 0.25) is 5.02 Å². The summed E-state index contributed by atoms with van der Waals surface area (Å²) in [6.45, 7) is 1.80. The molecule has 1 aromatic rings. The number of carboxylic acid groups (broad SMARTS) is 1. The van der Waals surface area contributed by atoms with Crippen LogP contribution in [-0.2, 0) is 9.59 Å². The molecule has 0 bridgehead atoms. The summed E-state index contributed by atoms with van der Waals surface area (Å²) in [6.07, 6.45) is -0.603. The number of hydrogen-bond donors (Lipinski definition) is 2. The minimum atomic E-state index is -1.19. The summed E-state index contributed by atoms with van der Waals surface area (Å²) in [5.41, 5.74) is 1.16. The molecule has 0 heterocycles. The van der Waals surface area contributed by atoms with Crippen molar-refractivity contribution >= 4 is 29.2 Å². The minimum Gasteiger partial charge on any atom is -0.495 e. The number of nitrogens with one attached hydrogen (secondary N) is 1. The Bertz CT molecular complexity index is 459. The molecule has 0 aliphatic rings. The van der Waals surface area contributed by atoms with Gasteiger partial charge in [0.25, 0.3) is 0 Å². The van der Waals surface area contributed by atoms with Crippen LogP contribution in [0.1, 0.15) is 12.0 Å². The first-order valence-electron chi connectivity index (χ1n) is 4.80. The zero-order valence-corrected chi connectivity index (χ0v) is 10.2. The van der Waals surface area contributed by atoms with Gasteiger partial charge in [-0.25, -0.2) is 0 Å². The van der Waals surface area contributed by atoms with E-state index < -0.39 is 18.3 Å². The second-order valence-corrected chi connectivity index (χ2v) is 3.83. The lowest BCUT2D eigenvalue weighted by Gasteiger charge is -2.11. The Hall–Kier alpha value is -1.75. The lowest BCUT2D eigenvalue weighted by molar-refractivity contribution is -0.139. The highest BCUT2D eigenvalue weighted by Crippen LogP contribution is 2.30. The topological polar surface area (TPSA) is 75.6 Å². The number of ether oxygens (including phenoxy) is 1. The van der Waals surface area contributed by atoms with Crippen LogP contribution in [0.25, 0.3) is 0 Å². The summed E-state index contributed by atoms with van der Waals surface area (Å²) in [4.78, 5) is 21.7. The number of hydrogen-bond acceptors (Lipinski definition) is 3. The summed E-state index contributed by atoms with van der Waals surface area (Å²) in [5.74, 6) is -1.39. The molecule has 0 aliphatic carbocycles. The average Bonchev–Trinajstić information content (AvgIpc) is 2.21. The average molecular weight is 258 g/mol. The fraction of sp³-hybridized carbons (Fsp3) is 0.273. The third-order valence-electron chi connectivity index (χ3n) is 2.07. The molecule has 0 saturated carbocycles. The number of benzene rings is 1. The summed E-state index contributed by atoms with van der Waals surface area (Å²) in [7, 11) is 1.45. The highest BCUT2D eigenvalue weighted by Gasteiger charge is 2.12. The van der Waals surface area contributed by atoms with Gasteiger partial charge in [0.1, 0.15) is 12.2 Å². The number of methoxy groups -OCH3 is 1. The number of anilines is 1. The number of carbonyl (C=O) groups is 2. The fourth-order valence-corrected chi connectivity index (χ4v) is 1.42. The maximum absolute atomic E-state index is 11.3. The van der Waals surface area contributed by atoms with E-state index in [2.05, 4.69) is 5.32 Å². The molecule has 0 spiro atoms. The Morgan fingerprint density at radius 3 is 2.65 bits per heavy atom. The van der Waals surface area contributed by atoms with E-state index in [1.165, 1.54) is 13.2 Å². The molecular formula is C11H12ClNO4. The van der Waals surface area contributed by atoms with E-state index in [1.54, 1.807) is 13.0 Å². The maximum atomic E-state index is 11.3. The molecule has 0 aromatic heterocycles.